The number of nitrogens with zero attached hydrogens (tertiary/aromatic N) is 1. The molecule has 0 unspecified atom stereocenters. The van der Waals surface area contributed by atoms with Crippen LogP contribution in [-0.4, -0.2) is 12.0 Å². The van der Waals surface area contributed by atoms with E-state index in [0.717, 1.165) is 18.4 Å². The topological polar surface area (TPSA) is 55.2 Å². The van der Waals surface area contributed by atoms with Crippen molar-refractivity contribution in [2.45, 2.75) is 18.4 Å². The van der Waals surface area contributed by atoms with E-state index in [9.17, 15) is 10.1 Å². The van der Waals surface area contributed by atoms with Gasteiger partial charge in [-0.2, -0.15) is 0 Å². The first-order chi connectivity index (χ1) is 7.09. The lowest BCUT2D eigenvalue weighted by Crippen LogP contribution is -2.24. The number of halogens is 1. The third kappa shape index (κ3) is 1.70. The Bertz CT molecular complexity index is 416. The van der Waals surface area contributed by atoms with E-state index in [0.29, 0.717) is 0 Å². The molecule has 1 aromatic rings. The van der Waals surface area contributed by atoms with E-state index in [2.05, 4.69) is 5.32 Å². The normalized spacial score (nSPS) is 17.5. The highest BCUT2D eigenvalue weighted by molar-refractivity contribution is 6.32. The second-order valence-corrected chi connectivity index (χ2v) is 4.16. The number of benzene rings is 1. The Labute approximate surface area is 92.4 Å². The fourth-order valence-electron chi connectivity index (χ4n) is 1.76. The molecule has 1 fully saturated rings. The van der Waals surface area contributed by atoms with Gasteiger partial charge in [-0.1, -0.05) is 17.7 Å². The van der Waals surface area contributed by atoms with Crippen molar-refractivity contribution in [3.8, 4) is 0 Å². The van der Waals surface area contributed by atoms with Crippen molar-refractivity contribution >= 4 is 17.3 Å². The monoisotopic (exact) mass is 226 g/mol. The summed E-state index contributed by atoms with van der Waals surface area (Å²) in [5.41, 5.74) is 0.992. The molecular weight excluding hydrogens is 216 g/mol. The molecule has 0 spiro atoms. The molecule has 4 nitrogen and oxygen atoms in total. The van der Waals surface area contributed by atoms with Gasteiger partial charge < -0.3 is 5.32 Å². The highest BCUT2D eigenvalue weighted by atomic mass is 35.5. The van der Waals surface area contributed by atoms with Gasteiger partial charge in [-0.15, -0.1) is 0 Å². The molecule has 15 heavy (non-hydrogen) atoms. The first kappa shape index (κ1) is 10.4. The van der Waals surface area contributed by atoms with E-state index < -0.39 is 4.92 Å². The quantitative estimate of drug-likeness (QED) is 0.636. The van der Waals surface area contributed by atoms with Crippen LogP contribution in [0.3, 0.4) is 0 Å². The van der Waals surface area contributed by atoms with Gasteiger partial charge in [0, 0.05) is 11.6 Å². The van der Waals surface area contributed by atoms with Crippen molar-refractivity contribution in [3.05, 3.63) is 38.9 Å². The van der Waals surface area contributed by atoms with E-state index in [-0.39, 0.29) is 16.2 Å². The lowest BCUT2D eigenvalue weighted by atomic mass is 10.0. The van der Waals surface area contributed by atoms with Gasteiger partial charge in [-0.3, -0.25) is 10.1 Å². The molecule has 2 rings (SSSR count). The highest BCUT2D eigenvalue weighted by Gasteiger charge is 2.43. The van der Waals surface area contributed by atoms with Crippen LogP contribution in [0.5, 0.6) is 0 Å². The number of rotatable bonds is 3. The highest BCUT2D eigenvalue weighted by Crippen LogP contribution is 2.46. The number of hydrogen-bond donors (Lipinski definition) is 1. The summed E-state index contributed by atoms with van der Waals surface area (Å²) in [6.07, 6.45) is 2.11. The van der Waals surface area contributed by atoms with Crippen molar-refractivity contribution in [1.29, 1.82) is 0 Å². The van der Waals surface area contributed by atoms with Gasteiger partial charge in [0.1, 0.15) is 5.02 Å². The van der Waals surface area contributed by atoms with E-state index in [4.69, 9.17) is 11.6 Å². The average Bonchev–Trinajstić information content (AvgIpc) is 2.97. The number of nitrogens with one attached hydrogen (secondary N) is 1. The molecule has 0 saturated heterocycles. The van der Waals surface area contributed by atoms with Gasteiger partial charge in [-0.05, 0) is 31.5 Å². The molecule has 5 heteroatoms. The minimum Gasteiger partial charge on any atom is -0.310 e. The smallest absolute Gasteiger partial charge is 0.287 e. The van der Waals surface area contributed by atoms with Crippen LogP contribution in [0.2, 0.25) is 5.02 Å². The second-order valence-electron chi connectivity index (χ2n) is 3.76. The maximum Gasteiger partial charge on any atom is 0.287 e. The molecule has 1 saturated carbocycles. The Morgan fingerprint density at radius 3 is 2.60 bits per heavy atom. The Morgan fingerprint density at radius 2 is 2.20 bits per heavy atom. The third-order valence-corrected chi connectivity index (χ3v) is 3.23. The molecule has 0 radical (unpaired) electrons. The van der Waals surface area contributed by atoms with Crippen molar-refractivity contribution in [2.75, 3.05) is 7.05 Å². The summed E-state index contributed by atoms with van der Waals surface area (Å²) in [7, 11) is 1.89. The van der Waals surface area contributed by atoms with Gasteiger partial charge in [0.2, 0.25) is 0 Å². The number of nitro benzene ring substituents is 1. The van der Waals surface area contributed by atoms with Gasteiger partial charge in [0.15, 0.2) is 0 Å². The third-order valence-electron chi connectivity index (χ3n) is 2.93. The predicted molar refractivity (Wildman–Crippen MR) is 58.1 cm³/mol. The summed E-state index contributed by atoms with van der Waals surface area (Å²) < 4.78 is 0. The van der Waals surface area contributed by atoms with Crippen LogP contribution in [0.4, 0.5) is 5.69 Å². The van der Waals surface area contributed by atoms with E-state index in [1.807, 2.05) is 7.05 Å². The van der Waals surface area contributed by atoms with Crippen molar-refractivity contribution < 1.29 is 4.92 Å². The molecule has 0 aromatic heterocycles. The molecule has 1 aliphatic rings. The van der Waals surface area contributed by atoms with Crippen LogP contribution in [0.25, 0.3) is 0 Å². The van der Waals surface area contributed by atoms with Gasteiger partial charge in [0.05, 0.1) is 4.92 Å². The summed E-state index contributed by atoms with van der Waals surface area (Å²) in [4.78, 5) is 10.1. The zero-order valence-electron chi connectivity index (χ0n) is 8.29. The largest absolute Gasteiger partial charge is 0.310 e. The van der Waals surface area contributed by atoms with Crippen molar-refractivity contribution in [3.63, 3.8) is 0 Å². The number of nitro groups is 1. The fourth-order valence-corrected chi connectivity index (χ4v) is 2.01. The van der Waals surface area contributed by atoms with Crippen molar-refractivity contribution in [1.82, 2.24) is 5.32 Å². The Kier molecular flexibility index (Phi) is 2.40. The number of hydrogen-bond acceptors (Lipinski definition) is 3. The minimum absolute atomic E-state index is 0.00122. The summed E-state index contributed by atoms with van der Waals surface area (Å²) >= 11 is 5.85. The lowest BCUT2D eigenvalue weighted by molar-refractivity contribution is -0.384. The first-order valence-electron chi connectivity index (χ1n) is 4.72. The zero-order valence-corrected chi connectivity index (χ0v) is 9.04. The Hall–Kier alpha value is -1.13. The SMILES string of the molecule is CNC1(c2ccc([N+](=O)[O-])c(Cl)c2)CC1. The van der Waals surface area contributed by atoms with Gasteiger partial charge >= 0.3 is 0 Å². The van der Waals surface area contributed by atoms with E-state index in [1.165, 1.54) is 6.07 Å². The molecular formula is C10H11ClN2O2. The molecule has 0 atom stereocenters. The Morgan fingerprint density at radius 1 is 1.53 bits per heavy atom. The molecule has 0 aliphatic heterocycles. The fraction of sp³-hybridized carbons (Fsp3) is 0.400. The molecule has 0 amide bonds. The van der Waals surface area contributed by atoms with E-state index in [1.54, 1.807) is 12.1 Å². The van der Waals surface area contributed by atoms with E-state index >= 15 is 0 Å². The standard InChI is InChI=1S/C10H11ClN2O2/c1-12-10(4-5-10)7-2-3-9(13(14)15)8(11)6-7/h2-3,6,12H,4-5H2,1H3. The average molecular weight is 227 g/mol. The van der Waals surface area contributed by atoms with Gasteiger partial charge in [-0.25, -0.2) is 0 Å². The predicted octanol–water partition coefficient (Wildman–Crippen LogP) is 2.46. The summed E-state index contributed by atoms with van der Waals surface area (Å²) in [5.74, 6) is 0. The molecule has 80 valence electrons. The van der Waals surface area contributed by atoms with Crippen LogP contribution >= 0.6 is 11.6 Å². The minimum atomic E-state index is -0.467. The van der Waals surface area contributed by atoms with Crippen LogP contribution < -0.4 is 5.32 Å². The summed E-state index contributed by atoms with van der Waals surface area (Å²) in [6, 6.07) is 4.92. The second kappa shape index (κ2) is 3.47. The molecule has 1 aliphatic carbocycles. The van der Waals surface area contributed by atoms with Crippen molar-refractivity contribution in [2.24, 2.45) is 0 Å². The maximum atomic E-state index is 10.6. The molecule has 0 bridgehead atoms. The lowest BCUT2D eigenvalue weighted by Gasteiger charge is -2.14. The zero-order chi connectivity index (χ0) is 11.1. The first-order valence-corrected chi connectivity index (χ1v) is 5.10. The summed E-state index contributed by atoms with van der Waals surface area (Å²) in [5, 5.41) is 14.0. The van der Waals surface area contributed by atoms with Crippen LogP contribution in [-0.2, 0) is 5.54 Å². The van der Waals surface area contributed by atoms with Gasteiger partial charge in [0.25, 0.3) is 5.69 Å². The molecule has 1 N–H and O–H groups in total. The summed E-state index contributed by atoms with van der Waals surface area (Å²) in [6.45, 7) is 0. The molecule has 1 aromatic carbocycles. The van der Waals surface area contributed by atoms with Crippen LogP contribution in [0.1, 0.15) is 18.4 Å². The van der Waals surface area contributed by atoms with Crippen LogP contribution in [0.15, 0.2) is 18.2 Å². The Balaban J connectivity index is 2.38. The molecule has 0 heterocycles. The maximum absolute atomic E-state index is 10.6. The van der Waals surface area contributed by atoms with Crippen LogP contribution in [0, 0.1) is 10.1 Å².